The molecule has 23 heavy (non-hydrogen) atoms. The van der Waals surface area contributed by atoms with E-state index in [0.717, 1.165) is 23.6 Å². The predicted octanol–water partition coefficient (Wildman–Crippen LogP) is 4.77. The third-order valence-electron chi connectivity index (χ3n) is 6.69. The molecule has 2 heteroatoms. The highest BCUT2D eigenvalue weighted by atomic mass is 16.5. The normalized spacial score (nSPS) is 28.4. The lowest BCUT2D eigenvalue weighted by atomic mass is 9.79. The van der Waals surface area contributed by atoms with Crippen LogP contribution in [0.15, 0.2) is 18.2 Å². The molecule has 2 aliphatic carbocycles. The van der Waals surface area contributed by atoms with Gasteiger partial charge in [-0.3, -0.25) is 4.90 Å². The van der Waals surface area contributed by atoms with Gasteiger partial charge in [0.2, 0.25) is 0 Å². The van der Waals surface area contributed by atoms with Crippen molar-refractivity contribution in [3.63, 3.8) is 0 Å². The number of fused-ring (bicyclic) bond motifs is 3. The summed E-state index contributed by atoms with van der Waals surface area (Å²) in [6.07, 6.45) is 12.7. The van der Waals surface area contributed by atoms with E-state index in [4.69, 9.17) is 4.74 Å². The highest BCUT2D eigenvalue weighted by Gasteiger charge is 2.39. The van der Waals surface area contributed by atoms with Crippen LogP contribution in [-0.4, -0.2) is 31.1 Å². The lowest BCUT2D eigenvalue weighted by molar-refractivity contribution is 0.199. The Morgan fingerprint density at radius 2 is 1.96 bits per heavy atom. The number of hydrogen-bond donors (Lipinski definition) is 0. The average Bonchev–Trinajstić information content (AvgIpc) is 3.04. The summed E-state index contributed by atoms with van der Waals surface area (Å²) in [4.78, 5) is 2.82. The van der Waals surface area contributed by atoms with Gasteiger partial charge in [0.05, 0.1) is 7.11 Å². The fraction of sp³-hybridized carbons (Fsp3) is 0.714. The first-order valence-corrected chi connectivity index (χ1v) is 9.76. The minimum absolute atomic E-state index is 0.750. The second-order valence-electron chi connectivity index (χ2n) is 7.86. The van der Waals surface area contributed by atoms with Crippen molar-refractivity contribution in [1.82, 2.24) is 4.90 Å². The highest BCUT2D eigenvalue weighted by Crippen LogP contribution is 2.44. The minimum atomic E-state index is 0.750. The molecule has 0 radical (unpaired) electrons. The van der Waals surface area contributed by atoms with Crippen LogP contribution in [0.5, 0.6) is 5.75 Å². The molecule has 1 saturated heterocycles. The number of hydrogen-bond acceptors (Lipinski definition) is 2. The molecule has 1 heterocycles. The van der Waals surface area contributed by atoms with E-state index in [0.29, 0.717) is 0 Å². The van der Waals surface area contributed by atoms with Crippen molar-refractivity contribution in [3.05, 3.63) is 29.3 Å². The molecule has 0 N–H and O–H groups in total. The van der Waals surface area contributed by atoms with Gasteiger partial charge in [-0.15, -0.1) is 0 Å². The summed E-state index contributed by atoms with van der Waals surface area (Å²) in [5, 5.41) is 0. The van der Waals surface area contributed by atoms with Crippen LogP contribution in [0.1, 0.15) is 68.4 Å². The highest BCUT2D eigenvalue weighted by molar-refractivity contribution is 5.45. The SMILES string of the molecule is COc1cccc2c1CCC1C2CCN1CCC1CCCCC1. The molecule has 4 rings (SSSR count). The molecule has 2 unspecified atom stereocenters. The third kappa shape index (κ3) is 3.03. The summed E-state index contributed by atoms with van der Waals surface area (Å²) in [7, 11) is 1.81. The van der Waals surface area contributed by atoms with Gasteiger partial charge in [-0.2, -0.15) is 0 Å². The van der Waals surface area contributed by atoms with E-state index >= 15 is 0 Å². The van der Waals surface area contributed by atoms with Crippen molar-refractivity contribution in [3.8, 4) is 5.75 Å². The molecule has 3 aliphatic rings. The molecule has 0 bridgehead atoms. The number of benzene rings is 1. The van der Waals surface area contributed by atoms with Crippen LogP contribution in [-0.2, 0) is 6.42 Å². The van der Waals surface area contributed by atoms with Crippen LogP contribution in [0, 0.1) is 5.92 Å². The fourth-order valence-electron chi connectivity index (χ4n) is 5.45. The Morgan fingerprint density at radius 1 is 1.09 bits per heavy atom. The van der Waals surface area contributed by atoms with Gasteiger partial charge >= 0.3 is 0 Å². The first-order valence-electron chi connectivity index (χ1n) is 9.76. The van der Waals surface area contributed by atoms with E-state index in [9.17, 15) is 0 Å². The summed E-state index contributed by atoms with van der Waals surface area (Å²) in [5.41, 5.74) is 3.08. The lowest BCUT2D eigenvalue weighted by Gasteiger charge is -2.35. The Bertz CT molecular complexity index is 535. The Morgan fingerprint density at radius 3 is 2.78 bits per heavy atom. The summed E-state index contributed by atoms with van der Waals surface area (Å²) in [6.45, 7) is 2.64. The van der Waals surface area contributed by atoms with E-state index in [-0.39, 0.29) is 0 Å². The van der Waals surface area contributed by atoms with Gasteiger partial charge in [-0.25, -0.2) is 0 Å². The quantitative estimate of drug-likeness (QED) is 0.794. The molecule has 0 spiro atoms. The molecule has 2 nitrogen and oxygen atoms in total. The Balaban J connectivity index is 1.42. The third-order valence-corrected chi connectivity index (χ3v) is 6.69. The zero-order valence-electron chi connectivity index (χ0n) is 14.6. The van der Waals surface area contributed by atoms with Crippen molar-refractivity contribution >= 4 is 0 Å². The number of rotatable bonds is 4. The molecule has 2 fully saturated rings. The Hall–Kier alpha value is -1.02. The second-order valence-corrected chi connectivity index (χ2v) is 7.86. The number of methoxy groups -OCH3 is 1. The van der Waals surface area contributed by atoms with Gasteiger partial charge in [0, 0.05) is 12.0 Å². The van der Waals surface area contributed by atoms with Gasteiger partial charge < -0.3 is 4.74 Å². The van der Waals surface area contributed by atoms with E-state index in [1.165, 1.54) is 76.4 Å². The van der Waals surface area contributed by atoms with E-state index < -0.39 is 0 Å². The summed E-state index contributed by atoms with van der Waals surface area (Å²) in [6, 6.07) is 7.47. The smallest absolute Gasteiger partial charge is 0.122 e. The molecule has 1 saturated carbocycles. The van der Waals surface area contributed by atoms with Crippen molar-refractivity contribution in [2.24, 2.45) is 5.92 Å². The maximum absolute atomic E-state index is 5.60. The molecule has 0 amide bonds. The predicted molar refractivity (Wildman–Crippen MR) is 95.2 cm³/mol. The van der Waals surface area contributed by atoms with Gasteiger partial charge in [-0.1, -0.05) is 44.2 Å². The van der Waals surface area contributed by atoms with E-state index in [1.807, 2.05) is 7.11 Å². The van der Waals surface area contributed by atoms with E-state index in [1.54, 1.807) is 5.56 Å². The standard InChI is InChI=1S/C21H31NO/c1-23-21-9-5-8-17-18-13-15-22(20(18)11-10-19(17)21)14-12-16-6-3-2-4-7-16/h5,8-9,16,18,20H,2-4,6-7,10-15H2,1H3. The maximum atomic E-state index is 5.60. The first kappa shape index (κ1) is 15.5. The first-order chi connectivity index (χ1) is 11.4. The zero-order valence-corrected chi connectivity index (χ0v) is 14.6. The number of likely N-dealkylation sites (tertiary alicyclic amines) is 1. The van der Waals surface area contributed by atoms with Crippen molar-refractivity contribution in [2.45, 2.75) is 69.7 Å². The molecule has 126 valence electrons. The Kier molecular flexibility index (Phi) is 4.61. The monoisotopic (exact) mass is 313 g/mol. The molecular weight excluding hydrogens is 282 g/mol. The van der Waals surface area contributed by atoms with Crippen LogP contribution >= 0.6 is 0 Å². The summed E-state index contributed by atoms with van der Waals surface area (Å²) >= 11 is 0. The number of nitrogens with zero attached hydrogens (tertiary/aromatic N) is 1. The topological polar surface area (TPSA) is 12.5 Å². The van der Waals surface area contributed by atoms with Crippen molar-refractivity contribution < 1.29 is 4.74 Å². The van der Waals surface area contributed by atoms with E-state index in [2.05, 4.69) is 23.1 Å². The summed E-state index contributed by atoms with van der Waals surface area (Å²) in [5.74, 6) is 2.88. The van der Waals surface area contributed by atoms with Crippen LogP contribution in [0.4, 0.5) is 0 Å². The molecular formula is C21H31NO. The van der Waals surface area contributed by atoms with Gasteiger partial charge in [0.15, 0.2) is 0 Å². The van der Waals surface area contributed by atoms with Crippen LogP contribution in [0.25, 0.3) is 0 Å². The average molecular weight is 313 g/mol. The second kappa shape index (κ2) is 6.84. The van der Waals surface area contributed by atoms with Crippen LogP contribution < -0.4 is 4.74 Å². The molecule has 1 aromatic rings. The Labute approximate surface area is 141 Å². The molecule has 2 atom stereocenters. The fourth-order valence-corrected chi connectivity index (χ4v) is 5.45. The molecule has 1 aromatic carbocycles. The van der Waals surface area contributed by atoms with Crippen LogP contribution in [0.2, 0.25) is 0 Å². The van der Waals surface area contributed by atoms with Crippen molar-refractivity contribution in [2.75, 3.05) is 20.2 Å². The zero-order chi connectivity index (χ0) is 15.6. The molecule has 0 aromatic heterocycles. The largest absolute Gasteiger partial charge is 0.496 e. The maximum Gasteiger partial charge on any atom is 0.122 e. The van der Waals surface area contributed by atoms with Gasteiger partial charge in [-0.05, 0) is 61.9 Å². The van der Waals surface area contributed by atoms with Gasteiger partial charge in [0.1, 0.15) is 5.75 Å². The van der Waals surface area contributed by atoms with Gasteiger partial charge in [0.25, 0.3) is 0 Å². The van der Waals surface area contributed by atoms with Crippen LogP contribution in [0.3, 0.4) is 0 Å². The number of ether oxygens (including phenoxy) is 1. The summed E-state index contributed by atoms with van der Waals surface area (Å²) < 4.78 is 5.60. The minimum Gasteiger partial charge on any atom is -0.496 e. The lowest BCUT2D eigenvalue weighted by Crippen LogP contribution is -2.36. The molecule has 1 aliphatic heterocycles. The van der Waals surface area contributed by atoms with Crippen molar-refractivity contribution in [1.29, 1.82) is 0 Å².